The van der Waals surface area contributed by atoms with Gasteiger partial charge in [-0.1, -0.05) is 0 Å². The summed E-state index contributed by atoms with van der Waals surface area (Å²) in [6, 6.07) is 8.73. The molecule has 0 aromatic carbocycles. The van der Waals surface area contributed by atoms with Crippen LogP contribution in [0.25, 0.3) is 5.65 Å². The summed E-state index contributed by atoms with van der Waals surface area (Å²) in [7, 11) is 1.57. The molecule has 0 aliphatic carbocycles. The third-order valence-electron chi connectivity index (χ3n) is 3.90. The van der Waals surface area contributed by atoms with E-state index in [4.69, 9.17) is 9.47 Å². The molecule has 8 heteroatoms. The Morgan fingerprint density at radius 3 is 2.78 bits per heavy atom. The van der Waals surface area contributed by atoms with Crippen molar-refractivity contribution in [2.45, 2.75) is 6.42 Å². The highest BCUT2D eigenvalue weighted by molar-refractivity contribution is 6.02. The Morgan fingerprint density at radius 1 is 1.11 bits per heavy atom. The number of hydrogen-bond donors (Lipinski definition) is 0. The lowest BCUT2D eigenvalue weighted by molar-refractivity contribution is 0.0992. The molecule has 4 aromatic heterocycles. The number of ether oxygens (including phenoxy) is 2. The average Bonchev–Trinajstić information content (AvgIpc) is 3.17. The minimum atomic E-state index is -0.137. The number of methoxy groups -OCH3 is 1. The molecule has 4 rings (SSSR count). The van der Waals surface area contributed by atoms with E-state index in [1.54, 1.807) is 62.2 Å². The van der Waals surface area contributed by atoms with Crippen LogP contribution in [0.5, 0.6) is 17.2 Å². The van der Waals surface area contributed by atoms with E-state index in [0.717, 1.165) is 0 Å². The number of rotatable bonds is 6. The highest BCUT2D eigenvalue weighted by Gasteiger charge is 2.16. The number of ketones is 1. The summed E-state index contributed by atoms with van der Waals surface area (Å²) < 4.78 is 12.4. The zero-order valence-electron chi connectivity index (χ0n) is 14.4. The number of fused-ring (bicyclic) bond motifs is 1. The maximum atomic E-state index is 12.9. The largest absolute Gasteiger partial charge is 0.495 e. The number of carbonyl (C=O) groups is 1. The quantitative estimate of drug-likeness (QED) is 0.488. The highest BCUT2D eigenvalue weighted by Crippen LogP contribution is 2.24. The fourth-order valence-corrected chi connectivity index (χ4v) is 2.60. The second-order valence-electron chi connectivity index (χ2n) is 5.70. The van der Waals surface area contributed by atoms with Crippen LogP contribution in [-0.2, 0) is 6.42 Å². The predicted molar refractivity (Wildman–Crippen MR) is 96.1 cm³/mol. The van der Waals surface area contributed by atoms with Crippen molar-refractivity contribution in [3.63, 3.8) is 0 Å². The summed E-state index contributed by atoms with van der Waals surface area (Å²) in [6.07, 6.45) is 8.02. The van der Waals surface area contributed by atoms with Gasteiger partial charge in [-0.3, -0.25) is 14.8 Å². The fraction of sp³-hybridized carbons (Fsp3) is 0.105. The Labute approximate surface area is 154 Å². The molecule has 8 nitrogen and oxygen atoms in total. The molecule has 0 bridgehead atoms. The molecular formula is C19H15N5O3. The third-order valence-corrected chi connectivity index (χ3v) is 3.90. The number of Topliss-reactive ketones (excluding diaryl/α,β-unsaturated/α-hetero) is 1. The van der Waals surface area contributed by atoms with Gasteiger partial charge in [0, 0.05) is 11.9 Å². The topological polar surface area (TPSA) is 91.5 Å². The van der Waals surface area contributed by atoms with E-state index in [-0.39, 0.29) is 12.2 Å². The molecule has 0 radical (unpaired) electrons. The first-order valence-electron chi connectivity index (χ1n) is 8.16. The van der Waals surface area contributed by atoms with Gasteiger partial charge in [-0.15, -0.1) is 0 Å². The average molecular weight is 361 g/mol. The molecule has 0 aliphatic heterocycles. The van der Waals surface area contributed by atoms with Crippen molar-refractivity contribution in [2.24, 2.45) is 0 Å². The first-order valence-corrected chi connectivity index (χ1v) is 8.16. The number of pyridine rings is 3. The van der Waals surface area contributed by atoms with Gasteiger partial charge in [-0.25, -0.2) is 9.50 Å². The van der Waals surface area contributed by atoms with Crippen LogP contribution in [0.4, 0.5) is 0 Å². The fourth-order valence-electron chi connectivity index (χ4n) is 2.60. The van der Waals surface area contributed by atoms with Crippen molar-refractivity contribution in [1.29, 1.82) is 0 Å². The normalized spacial score (nSPS) is 10.7. The summed E-state index contributed by atoms with van der Waals surface area (Å²) >= 11 is 0. The van der Waals surface area contributed by atoms with Gasteiger partial charge in [-0.2, -0.15) is 5.10 Å². The molecule has 4 heterocycles. The molecule has 27 heavy (non-hydrogen) atoms. The van der Waals surface area contributed by atoms with Crippen LogP contribution >= 0.6 is 0 Å². The zero-order chi connectivity index (χ0) is 18.6. The van der Waals surface area contributed by atoms with E-state index in [1.165, 1.54) is 10.8 Å². The van der Waals surface area contributed by atoms with Crippen molar-refractivity contribution in [3.05, 3.63) is 72.7 Å². The maximum Gasteiger partial charge on any atom is 0.172 e. The minimum Gasteiger partial charge on any atom is -0.495 e. The summed E-state index contributed by atoms with van der Waals surface area (Å²) in [5.74, 6) is 1.53. The summed E-state index contributed by atoms with van der Waals surface area (Å²) in [5, 5.41) is 4.12. The number of aromatic nitrogens is 5. The second kappa shape index (κ2) is 7.20. The second-order valence-corrected chi connectivity index (χ2v) is 5.70. The first kappa shape index (κ1) is 16.6. The molecule has 0 atom stereocenters. The molecule has 0 amide bonds. The molecule has 0 saturated carbocycles. The zero-order valence-corrected chi connectivity index (χ0v) is 14.4. The molecular weight excluding hydrogens is 346 g/mol. The van der Waals surface area contributed by atoms with Crippen molar-refractivity contribution in [3.8, 4) is 17.2 Å². The van der Waals surface area contributed by atoms with Gasteiger partial charge in [0.1, 0.15) is 23.6 Å². The van der Waals surface area contributed by atoms with Crippen molar-refractivity contribution < 1.29 is 14.3 Å². The van der Waals surface area contributed by atoms with Gasteiger partial charge >= 0.3 is 0 Å². The van der Waals surface area contributed by atoms with Gasteiger partial charge in [0.2, 0.25) is 0 Å². The van der Waals surface area contributed by atoms with E-state index >= 15 is 0 Å². The predicted octanol–water partition coefficient (Wildman–Crippen LogP) is 2.75. The number of hydrogen-bond acceptors (Lipinski definition) is 7. The molecule has 0 spiro atoms. The highest BCUT2D eigenvalue weighted by atomic mass is 16.5. The van der Waals surface area contributed by atoms with Gasteiger partial charge < -0.3 is 9.47 Å². The Bertz CT molecular complexity index is 1080. The van der Waals surface area contributed by atoms with Gasteiger partial charge in [0.25, 0.3) is 0 Å². The van der Waals surface area contributed by atoms with Crippen LogP contribution in [0.15, 0.2) is 61.4 Å². The SMILES string of the molecule is COc1ccc(CC(=O)c2cc(Oc3cccnc3)cn3ncnc23)nc1. The van der Waals surface area contributed by atoms with Crippen LogP contribution in [0.1, 0.15) is 16.1 Å². The number of carbonyl (C=O) groups excluding carboxylic acids is 1. The summed E-state index contributed by atoms with van der Waals surface area (Å²) in [5.41, 5.74) is 1.51. The molecule has 0 unspecified atom stereocenters. The Kier molecular flexibility index (Phi) is 4.44. The molecule has 0 N–H and O–H groups in total. The lowest BCUT2D eigenvalue weighted by Crippen LogP contribution is -2.08. The van der Waals surface area contributed by atoms with Gasteiger partial charge in [-0.05, 0) is 30.3 Å². The lowest BCUT2D eigenvalue weighted by Gasteiger charge is -2.08. The van der Waals surface area contributed by atoms with Crippen LogP contribution in [0.2, 0.25) is 0 Å². The van der Waals surface area contributed by atoms with E-state index in [9.17, 15) is 4.79 Å². The minimum absolute atomic E-state index is 0.128. The Hall–Kier alpha value is -3.81. The van der Waals surface area contributed by atoms with Crippen molar-refractivity contribution in [1.82, 2.24) is 24.6 Å². The number of nitrogens with zero attached hydrogens (tertiary/aromatic N) is 5. The third kappa shape index (κ3) is 3.59. The maximum absolute atomic E-state index is 12.9. The molecule has 0 fully saturated rings. The summed E-state index contributed by atoms with van der Waals surface area (Å²) in [4.78, 5) is 25.3. The van der Waals surface area contributed by atoms with Crippen LogP contribution in [-0.4, -0.2) is 37.5 Å². The van der Waals surface area contributed by atoms with Gasteiger partial charge in [0.05, 0.1) is 37.7 Å². The first-order chi connectivity index (χ1) is 13.2. The van der Waals surface area contributed by atoms with Gasteiger partial charge in [0.15, 0.2) is 11.4 Å². The Balaban J connectivity index is 1.64. The monoisotopic (exact) mass is 361 g/mol. The summed E-state index contributed by atoms with van der Waals surface area (Å²) in [6.45, 7) is 0. The van der Waals surface area contributed by atoms with E-state index in [1.807, 2.05) is 0 Å². The molecule has 4 aromatic rings. The van der Waals surface area contributed by atoms with E-state index in [0.29, 0.717) is 34.2 Å². The van der Waals surface area contributed by atoms with Crippen molar-refractivity contribution in [2.75, 3.05) is 7.11 Å². The molecule has 0 saturated heterocycles. The lowest BCUT2D eigenvalue weighted by atomic mass is 10.1. The Morgan fingerprint density at radius 2 is 2.04 bits per heavy atom. The molecule has 0 aliphatic rings. The van der Waals surface area contributed by atoms with Crippen LogP contribution < -0.4 is 9.47 Å². The molecule has 134 valence electrons. The standard InChI is InChI=1S/C19H15N5O3/c1-26-14-5-4-13(21-10-14)7-18(25)17-8-16(11-24-19(17)22-12-23-24)27-15-3-2-6-20-9-15/h2-6,8-12H,7H2,1H3. The van der Waals surface area contributed by atoms with Crippen LogP contribution in [0.3, 0.4) is 0 Å². The van der Waals surface area contributed by atoms with E-state index in [2.05, 4.69) is 20.1 Å². The van der Waals surface area contributed by atoms with Crippen LogP contribution in [0, 0.1) is 0 Å². The van der Waals surface area contributed by atoms with E-state index < -0.39 is 0 Å². The van der Waals surface area contributed by atoms with Crippen molar-refractivity contribution >= 4 is 11.4 Å². The smallest absolute Gasteiger partial charge is 0.172 e.